The second kappa shape index (κ2) is 7.47. The van der Waals surface area contributed by atoms with E-state index in [1.165, 1.54) is 12.0 Å². The number of fused-ring (bicyclic) bond motifs is 1. The van der Waals surface area contributed by atoms with Crippen LogP contribution in [0.25, 0.3) is 0 Å². The molecule has 0 radical (unpaired) electrons. The number of aliphatic carboxylic acids is 1. The third kappa shape index (κ3) is 3.89. The van der Waals surface area contributed by atoms with Crippen LogP contribution in [0.2, 0.25) is 0 Å². The van der Waals surface area contributed by atoms with Crippen LogP contribution in [0.3, 0.4) is 0 Å². The van der Waals surface area contributed by atoms with Crippen molar-refractivity contribution in [3.8, 4) is 0 Å². The molecule has 158 valence electrons. The quantitative estimate of drug-likeness (QED) is 0.758. The van der Waals surface area contributed by atoms with Crippen LogP contribution in [0.4, 0.5) is 0 Å². The van der Waals surface area contributed by atoms with Crippen molar-refractivity contribution in [2.45, 2.75) is 71.3 Å². The van der Waals surface area contributed by atoms with Gasteiger partial charge in [-0.25, -0.2) is 0 Å². The van der Waals surface area contributed by atoms with Crippen molar-refractivity contribution in [3.05, 3.63) is 34.4 Å². The Morgan fingerprint density at radius 2 is 1.93 bits per heavy atom. The lowest BCUT2D eigenvalue weighted by Crippen LogP contribution is -2.36. The third-order valence-electron chi connectivity index (χ3n) is 6.68. The largest absolute Gasteiger partial charge is 0.481 e. The predicted molar refractivity (Wildman–Crippen MR) is 109 cm³/mol. The highest BCUT2D eigenvalue weighted by Crippen LogP contribution is 2.50. The van der Waals surface area contributed by atoms with Crippen molar-refractivity contribution in [3.63, 3.8) is 0 Å². The van der Waals surface area contributed by atoms with E-state index in [1.807, 2.05) is 12.1 Å². The smallest absolute Gasteiger partial charge is 0.325 e. The van der Waals surface area contributed by atoms with Crippen molar-refractivity contribution in [2.24, 2.45) is 5.41 Å². The molecule has 1 aromatic carbocycles. The second-order valence-corrected chi connectivity index (χ2v) is 9.61. The maximum Gasteiger partial charge on any atom is 0.325 e. The van der Waals surface area contributed by atoms with Gasteiger partial charge in [0, 0.05) is 12.1 Å². The fraction of sp³-hybridized carbons (Fsp3) is 0.609. The van der Waals surface area contributed by atoms with Gasteiger partial charge < -0.3 is 14.7 Å². The molecule has 29 heavy (non-hydrogen) atoms. The minimum absolute atomic E-state index is 0.134. The average Bonchev–Trinajstić information content (AvgIpc) is 2.94. The Kier molecular flexibility index (Phi) is 5.50. The maximum absolute atomic E-state index is 12.8. The Bertz CT molecular complexity index is 859. The summed E-state index contributed by atoms with van der Waals surface area (Å²) in [7, 11) is 1.29. The fourth-order valence-corrected chi connectivity index (χ4v) is 5.38. The van der Waals surface area contributed by atoms with Crippen LogP contribution in [0, 0.1) is 5.41 Å². The molecule has 1 N–H and O–H groups in total. The van der Waals surface area contributed by atoms with Crippen molar-refractivity contribution < 1.29 is 24.2 Å². The minimum atomic E-state index is -0.905. The highest BCUT2D eigenvalue weighted by Gasteiger charge is 2.42. The van der Waals surface area contributed by atoms with Gasteiger partial charge in [0.15, 0.2) is 0 Å². The van der Waals surface area contributed by atoms with E-state index in [4.69, 9.17) is 4.74 Å². The van der Waals surface area contributed by atoms with E-state index in [9.17, 15) is 19.5 Å². The summed E-state index contributed by atoms with van der Waals surface area (Å²) in [4.78, 5) is 38.0. The van der Waals surface area contributed by atoms with E-state index >= 15 is 0 Å². The van der Waals surface area contributed by atoms with Gasteiger partial charge in [-0.05, 0) is 59.8 Å². The monoisotopic (exact) mass is 401 g/mol. The zero-order valence-corrected chi connectivity index (χ0v) is 18.0. The molecule has 1 heterocycles. The molecule has 0 bridgehead atoms. The van der Waals surface area contributed by atoms with Crippen LogP contribution in [-0.4, -0.2) is 41.5 Å². The zero-order valence-electron chi connectivity index (χ0n) is 18.0. The molecule has 1 fully saturated rings. The van der Waals surface area contributed by atoms with Crippen molar-refractivity contribution in [2.75, 3.05) is 13.7 Å². The number of hydrogen-bond donors (Lipinski definition) is 1. The topological polar surface area (TPSA) is 83.9 Å². The molecule has 1 aliphatic carbocycles. The summed E-state index contributed by atoms with van der Waals surface area (Å²) >= 11 is 0. The number of carboxylic acid groups (broad SMARTS) is 1. The van der Waals surface area contributed by atoms with Crippen LogP contribution >= 0.6 is 0 Å². The molecule has 1 aromatic rings. The maximum atomic E-state index is 12.8. The number of methoxy groups -OCH3 is 1. The van der Waals surface area contributed by atoms with Gasteiger partial charge >= 0.3 is 11.9 Å². The van der Waals surface area contributed by atoms with E-state index in [-0.39, 0.29) is 29.8 Å². The zero-order chi connectivity index (χ0) is 21.6. The van der Waals surface area contributed by atoms with Crippen LogP contribution in [0.5, 0.6) is 0 Å². The first-order valence-electron chi connectivity index (χ1n) is 10.2. The Labute approximate surface area is 172 Å². The Balaban J connectivity index is 2.11. The number of hydrogen-bond acceptors (Lipinski definition) is 4. The van der Waals surface area contributed by atoms with Gasteiger partial charge in [0.1, 0.15) is 6.54 Å². The SMILES string of the molecule is COC(=O)CN1Cc2c(ccc([C@@]3(C)CCCC(C)(C)C3)c2[C@@H](C)C(=O)O)C1=O. The number of carboxylic acids is 1. The lowest BCUT2D eigenvalue weighted by atomic mass is 9.60. The first-order valence-corrected chi connectivity index (χ1v) is 10.2. The summed E-state index contributed by atoms with van der Waals surface area (Å²) in [5, 5.41) is 9.82. The molecular formula is C23H31NO5. The molecule has 0 spiro atoms. The first-order chi connectivity index (χ1) is 13.5. The van der Waals surface area contributed by atoms with Gasteiger partial charge in [-0.2, -0.15) is 0 Å². The molecule has 0 aromatic heterocycles. The number of esters is 1. The Hall–Kier alpha value is -2.37. The van der Waals surface area contributed by atoms with Crippen molar-refractivity contribution in [1.82, 2.24) is 4.90 Å². The van der Waals surface area contributed by atoms with Gasteiger partial charge in [-0.3, -0.25) is 14.4 Å². The third-order valence-corrected chi connectivity index (χ3v) is 6.68. The van der Waals surface area contributed by atoms with E-state index < -0.39 is 17.9 Å². The number of amides is 1. The summed E-state index contributed by atoms with van der Waals surface area (Å²) in [5.41, 5.74) is 3.06. The summed E-state index contributed by atoms with van der Waals surface area (Å²) < 4.78 is 4.71. The van der Waals surface area contributed by atoms with Crippen molar-refractivity contribution >= 4 is 17.8 Å². The summed E-state index contributed by atoms with van der Waals surface area (Å²) in [6.45, 7) is 8.54. The predicted octanol–water partition coefficient (Wildman–Crippen LogP) is 3.86. The molecule has 1 saturated carbocycles. The van der Waals surface area contributed by atoms with Gasteiger partial charge in [0.25, 0.3) is 5.91 Å². The van der Waals surface area contributed by atoms with Crippen molar-refractivity contribution in [1.29, 1.82) is 0 Å². The van der Waals surface area contributed by atoms with E-state index in [2.05, 4.69) is 20.8 Å². The van der Waals surface area contributed by atoms with E-state index in [1.54, 1.807) is 6.92 Å². The second-order valence-electron chi connectivity index (χ2n) is 9.61. The Morgan fingerprint density at radius 1 is 1.24 bits per heavy atom. The van der Waals surface area contributed by atoms with E-state index in [0.29, 0.717) is 5.56 Å². The standard InChI is InChI=1S/C23H31NO5/c1-14(21(27)28)19-16-11-24(12-18(25)29-5)20(26)15(16)7-8-17(19)23(4)10-6-9-22(2,3)13-23/h7-8,14H,6,9-13H2,1-5H3,(H,27,28)/t14-,23+/m1/s1. The Morgan fingerprint density at radius 3 is 2.52 bits per heavy atom. The number of ether oxygens (including phenoxy) is 1. The van der Waals surface area contributed by atoms with Gasteiger partial charge in [0.05, 0.1) is 13.0 Å². The number of nitrogens with zero attached hydrogens (tertiary/aromatic N) is 1. The summed E-state index contributed by atoms with van der Waals surface area (Å²) in [6.07, 6.45) is 4.21. The summed E-state index contributed by atoms with van der Waals surface area (Å²) in [6, 6.07) is 3.77. The molecule has 6 nitrogen and oxygen atoms in total. The number of carbonyl (C=O) groups excluding carboxylic acids is 2. The molecule has 1 amide bonds. The van der Waals surface area contributed by atoms with Crippen LogP contribution in [0.15, 0.2) is 12.1 Å². The van der Waals surface area contributed by atoms with Crippen LogP contribution in [0.1, 0.15) is 86.3 Å². The molecule has 0 unspecified atom stereocenters. The number of rotatable bonds is 5. The average molecular weight is 402 g/mol. The van der Waals surface area contributed by atoms with Gasteiger partial charge in [-0.1, -0.05) is 33.3 Å². The molecule has 1 aliphatic heterocycles. The van der Waals surface area contributed by atoms with Crippen LogP contribution < -0.4 is 0 Å². The molecular weight excluding hydrogens is 370 g/mol. The molecule has 2 atom stereocenters. The lowest BCUT2D eigenvalue weighted by molar-refractivity contribution is -0.141. The molecule has 0 saturated heterocycles. The minimum Gasteiger partial charge on any atom is -0.481 e. The fourth-order valence-electron chi connectivity index (χ4n) is 5.38. The van der Waals surface area contributed by atoms with Gasteiger partial charge in [-0.15, -0.1) is 0 Å². The normalized spacial score (nSPS) is 24.2. The first kappa shape index (κ1) is 21.3. The van der Waals surface area contributed by atoms with Gasteiger partial charge in [0.2, 0.25) is 0 Å². The molecule has 3 rings (SSSR count). The molecule has 2 aliphatic rings. The van der Waals surface area contributed by atoms with Crippen LogP contribution in [-0.2, 0) is 26.3 Å². The summed E-state index contributed by atoms with van der Waals surface area (Å²) in [5.74, 6) is -2.37. The van der Waals surface area contributed by atoms with E-state index in [0.717, 1.165) is 42.4 Å². The molecule has 6 heteroatoms. The number of carbonyl (C=O) groups is 3. The highest BCUT2D eigenvalue weighted by atomic mass is 16.5. The lowest BCUT2D eigenvalue weighted by Gasteiger charge is -2.44. The number of benzene rings is 1. The highest BCUT2D eigenvalue weighted by molar-refractivity contribution is 6.01.